The standard InChI is InChI=1S/C25H24ClNO4S/c26-21-11-12-24(20(16-21)15-19-7-3-1-4-8-19)31-17-25(28)27(22-9-5-2-6-10-22)23-13-14-32(29,30)18-23/h1-12,16,23H,13-15,17-18H2/t23-/m0/s1. The van der Waals surface area contributed by atoms with Gasteiger partial charge in [0.15, 0.2) is 16.4 Å². The third-order valence-electron chi connectivity index (χ3n) is 5.49. The summed E-state index contributed by atoms with van der Waals surface area (Å²) in [6.07, 6.45) is 1.04. The second kappa shape index (κ2) is 9.76. The Bertz CT molecular complexity index is 1180. The Morgan fingerprint density at radius 3 is 2.34 bits per heavy atom. The number of para-hydroxylation sites is 1. The molecule has 1 aliphatic heterocycles. The van der Waals surface area contributed by atoms with E-state index < -0.39 is 15.9 Å². The van der Waals surface area contributed by atoms with E-state index in [-0.39, 0.29) is 24.0 Å². The summed E-state index contributed by atoms with van der Waals surface area (Å²) in [6, 6.07) is 24.0. The van der Waals surface area contributed by atoms with E-state index in [0.29, 0.717) is 29.3 Å². The fourth-order valence-electron chi connectivity index (χ4n) is 3.98. The van der Waals surface area contributed by atoms with Crippen molar-refractivity contribution < 1.29 is 17.9 Å². The van der Waals surface area contributed by atoms with Crippen LogP contribution in [0.4, 0.5) is 5.69 Å². The molecule has 3 aromatic carbocycles. The third-order valence-corrected chi connectivity index (χ3v) is 7.47. The normalized spacial score (nSPS) is 17.1. The van der Waals surface area contributed by atoms with Gasteiger partial charge in [-0.2, -0.15) is 0 Å². The number of amides is 1. The summed E-state index contributed by atoms with van der Waals surface area (Å²) in [6.45, 7) is -0.200. The predicted molar refractivity (Wildman–Crippen MR) is 127 cm³/mol. The van der Waals surface area contributed by atoms with Crippen molar-refractivity contribution in [1.82, 2.24) is 0 Å². The smallest absolute Gasteiger partial charge is 0.265 e. The minimum Gasteiger partial charge on any atom is -0.483 e. The molecule has 4 rings (SSSR count). The first-order chi connectivity index (χ1) is 15.4. The maximum absolute atomic E-state index is 13.2. The van der Waals surface area contributed by atoms with Gasteiger partial charge in [-0.3, -0.25) is 4.79 Å². The molecule has 0 radical (unpaired) electrons. The number of ether oxygens (including phenoxy) is 1. The first-order valence-electron chi connectivity index (χ1n) is 10.4. The van der Waals surface area contributed by atoms with E-state index in [9.17, 15) is 13.2 Å². The van der Waals surface area contributed by atoms with E-state index in [1.165, 1.54) is 0 Å². The second-order valence-corrected chi connectivity index (χ2v) is 10.5. The van der Waals surface area contributed by atoms with Gasteiger partial charge in [0, 0.05) is 17.1 Å². The van der Waals surface area contributed by atoms with Crippen LogP contribution in [0.15, 0.2) is 78.9 Å². The highest BCUT2D eigenvalue weighted by atomic mass is 35.5. The largest absolute Gasteiger partial charge is 0.483 e. The average Bonchev–Trinajstić information content (AvgIpc) is 3.14. The molecular formula is C25H24ClNO4S. The van der Waals surface area contributed by atoms with E-state index in [4.69, 9.17) is 16.3 Å². The van der Waals surface area contributed by atoms with E-state index in [2.05, 4.69) is 0 Å². The molecule has 1 fully saturated rings. The molecule has 1 aliphatic rings. The zero-order valence-corrected chi connectivity index (χ0v) is 19.1. The topological polar surface area (TPSA) is 63.7 Å². The van der Waals surface area contributed by atoms with Crippen LogP contribution in [0.2, 0.25) is 5.02 Å². The molecule has 7 heteroatoms. The summed E-state index contributed by atoms with van der Waals surface area (Å²) in [5, 5.41) is 0.594. The van der Waals surface area contributed by atoms with Crippen molar-refractivity contribution in [2.24, 2.45) is 0 Å². The zero-order valence-electron chi connectivity index (χ0n) is 17.5. The molecule has 0 bridgehead atoms. The first-order valence-corrected chi connectivity index (χ1v) is 12.6. The van der Waals surface area contributed by atoms with Gasteiger partial charge in [0.25, 0.3) is 5.91 Å². The highest BCUT2D eigenvalue weighted by Crippen LogP contribution is 2.27. The number of sulfone groups is 1. The molecule has 0 aromatic heterocycles. The van der Waals surface area contributed by atoms with Crippen LogP contribution in [-0.2, 0) is 21.1 Å². The number of nitrogens with zero attached hydrogens (tertiary/aromatic N) is 1. The van der Waals surface area contributed by atoms with Crippen molar-refractivity contribution in [2.75, 3.05) is 23.0 Å². The van der Waals surface area contributed by atoms with Crippen LogP contribution in [0.5, 0.6) is 5.75 Å². The molecule has 0 spiro atoms. The van der Waals surface area contributed by atoms with Gasteiger partial charge in [0.05, 0.1) is 17.5 Å². The number of anilines is 1. The van der Waals surface area contributed by atoms with E-state index in [1.54, 1.807) is 17.0 Å². The molecule has 0 unspecified atom stereocenters. The summed E-state index contributed by atoms with van der Waals surface area (Å²) < 4.78 is 30.0. The number of benzene rings is 3. The second-order valence-electron chi connectivity index (χ2n) is 7.86. The van der Waals surface area contributed by atoms with Crippen molar-refractivity contribution in [3.63, 3.8) is 0 Å². The molecule has 1 heterocycles. The Kier molecular flexibility index (Phi) is 6.82. The summed E-state index contributed by atoms with van der Waals surface area (Å²) >= 11 is 6.20. The SMILES string of the molecule is O=C(COc1ccc(Cl)cc1Cc1ccccc1)N(c1ccccc1)[C@H]1CCS(=O)(=O)C1. The minimum atomic E-state index is -3.14. The molecule has 3 aromatic rings. The summed E-state index contributed by atoms with van der Waals surface area (Å²) in [4.78, 5) is 14.8. The van der Waals surface area contributed by atoms with Gasteiger partial charge < -0.3 is 9.64 Å². The number of hydrogen-bond acceptors (Lipinski definition) is 4. The maximum Gasteiger partial charge on any atom is 0.265 e. The maximum atomic E-state index is 13.2. The van der Waals surface area contributed by atoms with Crippen LogP contribution >= 0.6 is 11.6 Å². The molecular weight excluding hydrogens is 446 g/mol. The quantitative estimate of drug-likeness (QED) is 0.510. The average molecular weight is 470 g/mol. The first kappa shape index (κ1) is 22.4. The van der Waals surface area contributed by atoms with Crippen LogP contribution in [-0.4, -0.2) is 38.5 Å². The number of carbonyl (C=O) groups excluding carboxylic acids is 1. The fraction of sp³-hybridized carbons (Fsp3) is 0.240. The van der Waals surface area contributed by atoms with Gasteiger partial charge in [-0.05, 0) is 47.9 Å². The van der Waals surface area contributed by atoms with Crippen LogP contribution in [0, 0.1) is 0 Å². The van der Waals surface area contributed by atoms with Crippen molar-refractivity contribution in [2.45, 2.75) is 18.9 Å². The number of hydrogen-bond donors (Lipinski definition) is 0. The number of halogens is 1. The molecule has 1 atom stereocenters. The Morgan fingerprint density at radius 2 is 1.69 bits per heavy atom. The van der Waals surface area contributed by atoms with Gasteiger partial charge in [-0.1, -0.05) is 60.1 Å². The van der Waals surface area contributed by atoms with Crippen molar-refractivity contribution >= 4 is 33.0 Å². The molecule has 32 heavy (non-hydrogen) atoms. The Hall–Kier alpha value is -2.83. The van der Waals surface area contributed by atoms with E-state index in [1.807, 2.05) is 66.7 Å². The molecule has 166 valence electrons. The molecule has 1 amide bonds. The van der Waals surface area contributed by atoms with E-state index >= 15 is 0 Å². The van der Waals surface area contributed by atoms with Gasteiger partial charge in [0.1, 0.15) is 5.75 Å². The number of rotatable bonds is 7. The molecule has 1 saturated heterocycles. The molecule has 0 aliphatic carbocycles. The Balaban J connectivity index is 1.53. The van der Waals surface area contributed by atoms with Crippen LogP contribution in [0.1, 0.15) is 17.5 Å². The highest BCUT2D eigenvalue weighted by molar-refractivity contribution is 7.91. The Labute approximate surface area is 193 Å². The van der Waals surface area contributed by atoms with Gasteiger partial charge in [0.2, 0.25) is 0 Å². The lowest BCUT2D eigenvalue weighted by Crippen LogP contribution is -2.43. The van der Waals surface area contributed by atoms with Crippen molar-refractivity contribution in [3.8, 4) is 5.75 Å². The lowest BCUT2D eigenvalue weighted by atomic mass is 10.0. The summed E-state index contributed by atoms with van der Waals surface area (Å²) in [5.41, 5.74) is 2.66. The van der Waals surface area contributed by atoms with Crippen molar-refractivity contribution in [3.05, 3.63) is 95.0 Å². The molecule has 5 nitrogen and oxygen atoms in total. The third kappa shape index (κ3) is 5.50. The monoisotopic (exact) mass is 469 g/mol. The summed E-state index contributed by atoms with van der Waals surface area (Å²) in [7, 11) is -3.14. The summed E-state index contributed by atoms with van der Waals surface area (Å²) in [5.74, 6) is 0.360. The Morgan fingerprint density at radius 1 is 1.00 bits per heavy atom. The van der Waals surface area contributed by atoms with Gasteiger partial charge in [-0.15, -0.1) is 0 Å². The zero-order chi connectivity index (χ0) is 22.6. The van der Waals surface area contributed by atoms with Crippen molar-refractivity contribution in [1.29, 1.82) is 0 Å². The lowest BCUT2D eigenvalue weighted by Gasteiger charge is -2.28. The van der Waals surface area contributed by atoms with Crippen LogP contribution in [0.3, 0.4) is 0 Å². The predicted octanol–water partition coefficient (Wildman–Crippen LogP) is 4.53. The molecule has 0 N–H and O–H groups in total. The fourth-order valence-corrected chi connectivity index (χ4v) is 5.87. The minimum absolute atomic E-state index is 0.0339. The van der Waals surface area contributed by atoms with Crippen LogP contribution < -0.4 is 9.64 Å². The van der Waals surface area contributed by atoms with E-state index in [0.717, 1.165) is 11.1 Å². The van der Waals surface area contributed by atoms with Crippen LogP contribution in [0.25, 0.3) is 0 Å². The lowest BCUT2D eigenvalue weighted by molar-refractivity contribution is -0.121. The molecule has 0 saturated carbocycles. The number of carbonyl (C=O) groups is 1. The van der Waals surface area contributed by atoms with Gasteiger partial charge >= 0.3 is 0 Å². The highest BCUT2D eigenvalue weighted by Gasteiger charge is 2.35. The van der Waals surface area contributed by atoms with Gasteiger partial charge in [-0.25, -0.2) is 8.42 Å².